The van der Waals surface area contributed by atoms with E-state index in [0.29, 0.717) is 29.5 Å². The number of carbonyl (C=O) groups excluding carboxylic acids is 1. The Morgan fingerprint density at radius 1 is 1.32 bits per heavy atom. The van der Waals surface area contributed by atoms with E-state index in [2.05, 4.69) is 29.4 Å². The van der Waals surface area contributed by atoms with Gasteiger partial charge in [-0.3, -0.25) is 9.89 Å². The molecule has 4 nitrogen and oxygen atoms in total. The molecule has 3 atom stereocenters. The maximum Gasteiger partial charge on any atom is 0.272 e. The molecule has 0 spiro atoms. The molecule has 0 aromatic carbocycles. The zero-order chi connectivity index (χ0) is 13.4. The van der Waals surface area contributed by atoms with Crippen LogP contribution >= 0.6 is 0 Å². The van der Waals surface area contributed by atoms with Gasteiger partial charge in [0.05, 0.1) is 0 Å². The van der Waals surface area contributed by atoms with E-state index in [1.807, 2.05) is 6.07 Å². The number of hydrogen-bond donors (Lipinski definition) is 2. The molecule has 4 heteroatoms. The summed E-state index contributed by atoms with van der Waals surface area (Å²) >= 11 is 0. The summed E-state index contributed by atoms with van der Waals surface area (Å²) in [5.41, 5.74) is 1.67. The summed E-state index contributed by atoms with van der Waals surface area (Å²) in [6.07, 6.45) is 6.03. The van der Waals surface area contributed by atoms with Gasteiger partial charge in [0.25, 0.3) is 5.91 Å². The molecule has 3 rings (SSSR count). The molecule has 2 saturated carbocycles. The summed E-state index contributed by atoms with van der Waals surface area (Å²) in [6.45, 7) is 4.53. The Morgan fingerprint density at radius 3 is 2.84 bits per heavy atom. The third-order valence-corrected chi connectivity index (χ3v) is 4.87. The molecule has 0 bridgehead atoms. The second kappa shape index (κ2) is 4.99. The Kier molecular flexibility index (Phi) is 3.33. The molecular weight excluding hydrogens is 238 g/mol. The van der Waals surface area contributed by atoms with Crippen LogP contribution in [0.25, 0.3) is 0 Å². The van der Waals surface area contributed by atoms with Crippen molar-refractivity contribution in [1.29, 1.82) is 0 Å². The summed E-state index contributed by atoms with van der Waals surface area (Å²) in [4.78, 5) is 12.2. The standard InChI is InChI=1S/C15H23N3O/c1-9-4-3-5-12(10(9)2)16-15(19)14-8-13(17-18-14)11-6-7-11/h8-12H,3-7H2,1-2H3,(H,16,19)(H,17,18). The fourth-order valence-corrected chi connectivity index (χ4v) is 3.08. The van der Waals surface area contributed by atoms with Crippen LogP contribution in [0, 0.1) is 11.8 Å². The zero-order valence-corrected chi connectivity index (χ0v) is 11.8. The number of amides is 1. The van der Waals surface area contributed by atoms with Gasteiger partial charge >= 0.3 is 0 Å². The first-order valence-electron chi connectivity index (χ1n) is 7.51. The number of nitrogens with zero attached hydrogens (tertiary/aromatic N) is 1. The number of aromatic nitrogens is 2. The Morgan fingerprint density at radius 2 is 2.11 bits per heavy atom. The lowest BCUT2D eigenvalue weighted by Crippen LogP contribution is -2.43. The van der Waals surface area contributed by atoms with Crippen molar-refractivity contribution in [3.05, 3.63) is 17.5 Å². The Bertz CT molecular complexity index is 464. The number of rotatable bonds is 3. The second-order valence-corrected chi connectivity index (χ2v) is 6.33. The van der Waals surface area contributed by atoms with E-state index in [4.69, 9.17) is 0 Å². The minimum absolute atomic E-state index is 0.0194. The van der Waals surface area contributed by atoms with E-state index in [1.54, 1.807) is 0 Å². The molecule has 0 radical (unpaired) electrons. The topological polar surface area (TPSA) is 57.8 Å². The van der Waals surface area contributed by atoms with E-state index in [-0.39, 0.29) is 5.91 Å². The maximum absolute atomic E-state index is 12.2. The minimum atomic E-state index is -0.0194. The van der Waals surface area contributed by atoms with Crippen molar-refractivity contribution in [2.24, 2.45) is 11.8 Å². The number of aromatic amines is 1. The van der Waals surface area contributed by atoms with Gasteiger partial charge in [0.2, 0.25) is 0 Å². The second-order valence-electron chi connectivity index (χ2n) is 6.33. The predicted molar refractivity (Wildman–Crippen MR) is 74.0 cm³/mol. The Labute approximate surface area is 114 Å². The van der Waals surface area contributed by atoms with Crippen molar-refractivity contribution >= 4 is 5.91 Å². The lowest BCUT2D eigenvalue weighted by Gasteiger charge is -2.34. The predicted octanol–water partition coefficient (Wildman–Crippen LogP) is 2.84. The van der Waals surface area contributed by atoms with E-state index < -0.39 is 0 Å². The summed E-state index contributed by atoms with van der Waals surface area (Å²) < 4.78 is 0. The van der Waals surface area contributed by atoms with Crippen molar-refractivity contribution in [3.63, 3.8) is 0 Å². The highest BCUT2D eigenvalue weighted by Gasteiger charge is 2.30. The van der Waals surface area contributed by atoms with Crippen LogP contribution in [0.2, 0.25) is 0 Å². The first-order valence-corrected chi connectivity index (χ1v) is 7.51. The highest BCUT2D eigenvalue weighted by atomic mass is 16.2. The van der Waals surface area contributed by atoms with Gasteiger partial charge in [0.1, 0.15) is 5.69 Å². The third-order valence-electron chi connectivity index (χ3n) is 4.87. The Hall–Kier alpha value is -1.32. The number of carbonyl (C=O) groups is 1. The molecule has 1 amide bonds. The SMILES string of the molecule is CC1CCCC(NC(=O)c2cc(C3CC3)[nH]n2)C1C. The van der Waals surface area contributed by atoms with Crippen LogP contribution in [0.1, 0.15) is 68.1 Å². The van der Waals surface area contributed by atoms with E-state index in [0.717, 1.165) is 12.1 Å². The average Bonchev–Trinajstić information content (AvgIpc) is 3.12. The van der Waals surface area contributed by atoms with Crippen LogP contribution in [0.15, 0.2) is 6.07 Å². The largest absolute Gasteiger partial charge is 0.348 e. The summed E-state index contributed by atoms with van der Waals surface area (Å²) in [5.74, 6) is 1.84. The molecule has 2 N–H and O–H groups in total. The molecule has 104 valence electrons. The lowest BCUT2D eigenvalue weighted by atomic mass is 9.78. The zero-order valence-electron chi connectivity index (χ0n) is 11.8. The third kappa shape index (κ3) is 2.67. The van der Waals surface area contributed by atoms with Gasteiger partial charge in [0, 0.05) is 17.7 Å². The van der Waals surface area contributed by atoms with Gasteiger partial charge < -0.3 is 5.32 Å². The molecular formula is C15H23N3O. The summed E-state index contributed by atoms with van der Waals surface area (Å²) in [6, 6.07) is 2.22. The van der Waals surface area contributed by atoms with Crippen LogP contribution < -0.4 is 5.32 Å². The van der Waals surface area contributed by atoms with Crippen LogP contribution in [-0.4, -0.2) is 22.1 Å². The van der Waals surface area contributed by atoms with Gasteiger partial charge in [-0.25, -0.2) is 0 Å². The van der Waals surface area contributed by atoms with E-state index in [1.165, 1.54) is 25.7 Å². The first kappa shape index (κ1) is 12.7. The van der Waals surface area contributed by atoms with Gasteiger partial charge in [-0.2, -0.15) is 5.10 Å². The fourth-order valence-electron chi connectivity index (χ4n) is 3.08. The molecule has 0 aliphatic heterocycles. The van der Waals surface area contributed by atoms with Gasteiger partial charge in [0.15, 0.2) is 0 Å². The quantitative estimate of drug-likeness (QED) is 0.879. The summed E-state index contributed by atoms with van der Waals surface area (Å²) in [7, 11) is 0. The highest BCUT2D eigenvalue weighted by Crippen LogP contribution is 2.39. The molecule has 1 aromatic rings. The number of hydrogen-bond acceptors (Lipinski definition) is 2. The van der Waals surface area contributed by atoms with E-state index >= 15 is 0 Å². The van der Waals surface area contributed by atoms with Gasteiger partial charge in [-0.1, -0.05) is 26.7 Å². The maximum atomic E-state index is 12.2. The lowest BCUT2D eigenvalue weighted by molar-refractivity contribution is 0.0886. The minimum Gasteiger partial charge on any atom is -0.348 e. The summed E-state index contributed by atoms with van der Waals surface area (Å²) in [5, 5.41) is 10.3. The normalized spacial score (nSPS) is 31.2. The smallest absolute Gasteiger partial charge is 0.272 e. The molecule has 2 aliphatic carbocycles. The van der Waals surface area contributed by atoms with Crippen molar-refractivity contribution in [1.82, 2.24) is 15.5 Å². The molecule has 1 aromatic heterocycles. The van der Waals surface area contributed by atoms with Crippen molar-refractivity contribution in [2.45, 2.75) is 57.9 Å². The van der Waals surface area contributed by atoms with Crippen LogP contribution in [-0.2, 0) is 0 Å². The first-order chi connectivity index (χ1) is 9.15. The van der Waals surface area contributed by atoms with Crippen molar-refractivity contribution in [3.8, 4) is 0 Å². The van der Waals surface area contributed by atoms with E-state index in [9.17, 15) is 4.79 Å². The molecule has 2 fully saturated rings. The highest BCUT2D eigenvalue weighted by molar-refractivity contribution is 5.92. The monoisotopic (exact) mass is 261 g/mol. The van der Waals surface area contributed by atoms with Crippen LogP contribution in [0.3, 0.4) is 0 Å². The molecule has 3 unspecified atom stereocenters. The van der Waals surface area contributed by atoms with Crippen molar-refractivity contribution in [2.75, 3.05) is 0 Å². The van der Waals surface area contributed by atoms with Crippen molar-refractivity contribution < 1.29 is 4.79 Å². The fraction of sp³-hybridized carbons (Fsp3) is 0.733. The van der Waals surface area contributed by atoms with Crippen LogP contribution in [0.4, 0.5) is 0 Å². The molecule has 19 heavy (non-hydrogen) atoms. The van der Waals surface area contributed by atoms with Gasteiger partial charge in [-0.15, -0.1) is 0 Å². The molecule has 0 saturated heterocycles. The molecule has 1 heterocycles. The average molecular weight is 261 g/mol. The molecule has 2 aliphatic rings. The van der Waals surface area contributed by atoms with Crippen LogP contribution in [0.5, 0.6) is 0 Å². The number of H-pyrrole nitrogens is 1. The van der Waals surface area contributed by atoms with Gasteiger partial charge in [-0.05, 0) is 37.2 Å². The Balaban J connectivity index is 1.63. The number of nitrogens with one attached hydrogen (secondary N) is 2.